The van der Waals surface area contributed by atoms with Crippen molar-refractivity contribution >= 4 is 0 Å². The lowest BCUT2D eigenvalue weighted by molar-refractivity contribution is 0.242. The standard InChI is InChI=1S/C19H19FO/c1-4-5-6-15-7-9-16(10-8-15)18-13-17(21-14(2)3)11-12-19(18)20/h1,7-14H,5-6H2,2-3H3. The van der Waals surface area contributed by atoms with Crippen molar-refractivity contribution in [2.45, 2.75) is 32.8 Å². The van der Waals surface area contributed by atoms with Gasteiger partial charge < -0.3 is 4.74 Å². The molecule has 21 heavy (non-hydrogen) atoms. The lowest BCUT2D eigenvalue weighted by atomic mass is 10.0. The minimum atomic E-state index is -0.248. The van der Waals surface area contributed by atoms with Crippen LogP contribution in [0.1, 0.15) is 25.8 Å². The number of benzene rings is 2. The van der Waals surface area contributed by atoms with E-state index in [1.165, 1.54) is 6.07 Å². The lowest BCUT2D eigenvalue weighted by Crippen LogP contribution is -2.05. The summed E-state index contributed by atoms with van der Waals surface area (Å²) in [6.07, 6.45) is 6.88. The van der Waals surface area contributed by atoms with Crippen molar-refractivity contribution in [2.24, 2.45) is 0 Å². The summed E-state index contributed by atoms with van der Waals surface area (Å²) in [6, 6.07) is 12.7. The Morgan fingerprint density at radius 1 is 1.14 bits per heavy atom. The fourth-order valence-corrected chi connectivity index (χ4v) is 2.14. The Labute approximate surface area is 125 Å². The molecule has 0 heterocycles. The van der Waals surface area contributed by atoms with Crippen molar-refractivity contribution in [1.29, 1.82) is 0 Å². The zero-order valence-corrected chi connectivity index (χ0v) is 12.4. The van der Waals surface area contributed by atoms with Crippen molar-refractivity contribution in [3.63, 3.8) is 0 Å². The van der Waals surface area contributed by atoms with Gasteiger partial charge in [-0.3, -0.25) is 0 Å². The van der Waals surface area contributed by atoms with Gasteiger partial charge in [0, 0.05) is 12.0 Å². The first kappa shape index (κ1) is 15.1. The SMILES string of the molecule is C#CCCc1ccc(-c2cc(OC(C)C)ccc2F)cc1. The largest absolute Gasteiger partial charge is 0.491 e. The molecule has 0 aliphatic carbocycles. The molecule has 0 N–H and O–H groups in total. The summed E-state index contributed by atoms with van der Waals surface area (Å²) in [7, 11) is 0. The molecule has 2 rings (SSSR count). The summed E-state index contributed by atoms with van der Waals surface area (Å²) in [5, 5.41) is 0. The van der Waals surface area contributed by atoms with Crippen molar-refractivity contribution < 1.29 is 9.13 Å². The molecule has 0 spiro atoms. The van der Waals surface area contributed by atoms with Gasteiger partial charge in [0.1, 0.15) is 11.6 Å². The highest BCUT2D eigenvalue weighted by Crippen LogP contribution is 2.28. The Morgan fingerprint density at radius 2 is 1.86 bits per heavy atom. The number of terminal acetylenes is 1. The van der Waals surface area contributed by atoms with Crippen LogP contribution in [0, 0.1) is 18.2 Å². The van der Waals surface area contributed by atoms with Crippen LogP contribution in [0.15, 0.2) is 42.5 Å². The fourth-order valence-electron chi connectivity index (χ4n) is 2.14. The van der Waals surface area contributed by atoms with Crippen LogP contribution in [-0.2, 0) is 6.42 Å². The lowest BCUT2D eigenvalue weighted by Gasteiger charge is -2.12. The van der Waals surface area contributed by atoms with E-state index in [4.69, 9.17) is 11.2 Å². The summed E-state index contributed by atoms with van der Waals surface area (Å²) >= 11 is 0. The molecule has 108 valence electrons. The van der Waals surface area contributed by atoms with E-state index in [2.05, 4.69) is 5.92 Å². The molecule has 2 heteroatoms. The second kappa shape index (κ2) is 6.95. The molecule has 0 radical (unpaired) electrons. The van der Waals surface area contributed by atoms with Gasteiger partial charge >= 0.3 is 0 Å². The molecule has 1 nitrogen and oxygen atoms in total. The first-order valence-corrected chi connectivity index (χ1v) is 7.09. The third-order valence-electron chi connectivity index (χ3n) is 3.13. The van der Waals surface area contributed by atoms with Crippen LogP contribution in [0.3, 0.4) is 0 Å². The number of halogens is 1. The Morgan fingerprint density at radius 3 is 2.48 bits per heavy atom. The Kier molecular flexibility index (Phi) is 5.00. The molecule has 0 aromatic heterocycles. The van der Waals surface area contributed by atoms with E-state index in [0.29, 0.717) is 17.7 Å². The highest BCUT2D eigenvalue weighted by molar-refractivity contribution is 5.66. The molecule has 2 aromatic rings. The minimum Gasteiger partial charge on any atom is -0.491 e. The summed E-state index contributed by atoms with van der Waals surface area (Å²) in [6.45, 7) is 3.90. The first-order chi connectivity index (χ1) is 10.1. The van der Waals surface area contributed by atoms with Gasteiger partial charge in [-0.1, -0.05) is 24.3 Å². The molecule has 0 bridgehead atoms. The summed E-state index contributed by atoms with van der Waals surface area (Å²) in [4.78, 5) is 0. The Bertz CT molecular complexity index is 636. The van der Waals surface area contributed by atoms with E-state index in [-0.39, 0.29) is 11.9 Å². The third-order valence-corrected chi connectivity index (χ3v) is 3.13. The molecule has 0 unspecified atom stereocenters. The minimum absolute atomic E-state index is 0.0643. The Balaban J connectivity index is 2.26. The maximum atomic E-state index is 14.0. The number of rotatable bonds is 5. The van der Waals surface area contributed by atoms with Crippen LogP contribution < -0.4 is 4.74 Å². The molecule has 0 amide bonds. The van der Waals surface area contributed by atoms with Gasteiger partial charge in [-0.15, -0.1) is 12.3 Å². The number of aryl methyl sites for hydroxylation is 1. The summed E-state index contributed by atoms with van der Waals surface area (Å²) in [5.74, 6) is 3.05. The van der Waals surface area contributed by atoms with Crippen LogP contribution in [0.4, 0.5) is 4.39 Å². The van der Waals surface area contributed by atoms with Crippen molar-refractivity contribution in [3.8, 4) is 29.2 Å². The molecule has 0 atom stereocenters. The molecule has 2 aromatic carbocycles. The van der Waals surface area contributed by atoms with Crippen LogP contribution in [0.25, 0.3) is 11.1 Å². The van der Waals surface area contributed by atoms with Crippen LogP contribution >= 0.6 is 0 Å². The smallest absolute Gasteiger partial charge is 0.131 e. The monoisotopic (exact) mass is 282 g/mol. The maximum Gasteiger partial charge on any atom is 0.131 e. The predicted octanol–water partition coefficient (Wildman–Crippen LogP) is 4.85. The third kappa shape index (κ3) is 4.10. The van der Waals surface area contributed by atoms with Gasteiger partial charge in [-0.25, -0.2) is 4.39 Å². The average Bonchev–Trinajstić information content (AvgIpc) is 2.47. The summed E-state index contributed by atoms with van der Waals surface area (Å²) in [5.41, 5.74) is 2.55. The second-order valence-corrected chi connectivity index (χ2v) is 5.21. The zero-order chi connectivity index (χ0) is 15.2. The highest BCUT2D eigenvalue weighted by Gasteiger charge is 2.08. The van der Waals surface area contributed by atoms with Crippen molar-refractivity contribution in [1.82, 2.24) is 0 Å². The van der Waals surface area contributed by atoms with E-state index < -0.39 is 0 Å². The van der Waals surface area contributed by atoms with E-state index in [0.717, 1.165) is 17.5 Å². The molecule has 0 saturated heterocycles. The molecule has 0 aliphatic heterocycles. The zero-order valence-electron chi connectivity index (χ0n) is 12.4. The molecular formula is C19H19FO. The van der Waals surface area contributed by atoms with Gasteiger partial charge in [0.2, 0.25) is 0 Å². The van der Waals surface area contributed by atoms with Gasteiger partial charge in [-0.05, 0) is 49.6 Å². The quantitative estimate of drug-likeness (QED) is 0.713. The first-order valence-electron chi connectivity index (χ1n) is 7.09. The second-order valence-electron chi connectivity index (χ2n) is 5.21. The van der Waals surface area contributed by atoms with Gasteiger partial charge in [0.15, 0.2) is 0 Å². The summed E-state index contributed by atoms with van der Waals surface area (Å²) < 4.78 is 19.6. The maximum absolute atomic E-state index is 14.0. The molecular weight excluding hydrogens is 263 g/mol. The van der Waals surface area contributed by atoms with Crippen LogP contribution in [-0.4, -0.2) is 6.10 Å². The van der Waals surface area contributed by atoms with E-state index >= 15 is 0 Å². The number of ether oxygens (including phenoxy) is 1. The predicted molar refractivity (Wildman–Crippen MR) is 84.8 cm³/mol. The van der Waals surface area contributed by atoms with Crippen molar-refractivity contribution in [2.75, 3.05) is 0 Å². The van der Waals surface area contributed by atoms with E-state index in [1.54, 1.807) is 12.1 Å². The normalized spacial score (nSPS) is 10.4. The van der Waals surface area contributed by atoms with Crippen molar-refractivity contribution in [3.05, 3.63) is 53.8 Å². The molecule has 0 aliphatic rings. The Hall–Kier alpha value is -2.27. The topological polar surface area (TPSA) is 9.23 Å². The van der Waals surface area contributed by atoms with E-state index in [1.807, 2.05) is 38.1 Å². The molecule has 0 fully saturated rings. The van der Waals surface area contributed by atoms with E-state index in [9.17, 15) is 4.39 Å². The van der Waals surface area contributed by atoms with Crippen LogP contribution in [0.2, 0.25) is 0 Å². The fraction of sp³-hybridized carbons (Fsp3) is 0.263. The number of hydrogen-bond acceptors (Lipinski definition) is 1. The van der Waals surface area contributed by atoms with Gasteiger partial charge in [0.25, 0.3) is 0 Å². The van der Waals surface area contributed by atoms with Gasteiger partial charge in [-0.2, -0.15) is 0 Å². The molecule has 0 saturated carbocycles. The van der Waals surface area contributed by atoms with Crippen LogP contribution in [0.5, 0.6) is 5.75 Å². The number of hydrogen-bond donors (Lipinski definition) is 0. The highest BCUT2D eigenvalue weighted by atomic mass is 19.1. The van der Waals surface area contributed by atoms with Gasteiger partial charge in [0.05, 0.1) is 6.10 Å². The average molecular weight is 282 g/mol.